The molecule has 0 atom stereocenters. The fraction of sp³-hybridized carbons (Fsp3) is 0.385. The van der Waals surface area contributed by atoms with Crippen LogP contribution in [0.4, 0.5) is 0 Å². The van der Waals surface area contributed by atoms with Crippen LogP contribution < -0.4 is 5.32 Å². The van der Waals surface area contributed by atoms with Crippen molar-refractivity contribution in [2.24, 2.45) is 5.41 Å². The first kappa shape index (κ1) is 21.3. The quantitative estimate of drug-likeness (QED) is 0.620. The molecule has 1 heterocycles. The number of carbonyl (C=O) groups excluding carboxylic acids is 1. The van der Waals surface area contributed by atoms with Gasteiger partial charge in [-0.25, -0.2) is 0 Å². The van der Waals surface area contributed by atoms with Crippen LogP contribution in [0.5, 0.6) is 0 Å². The van der Waals surface area contributed by atoms with Crippen LogP contribution in [-0.2, 0) is 12.8 Å². The van der Waals surface area contributed by atoms with Gasteiger partial charge in [-0.3, -0.25) is 9.89 Å². The predicted octanol–water partition coefficient (Wildman–Crippen LogP) is 4.55. The zero-order valence-electron chi connectivity index (χ0n) is 19.0. The first-order valence-electron chi connectivity index (χ1n) is 11.0. The maximum Gasteiger partial charge on any atom is 0.251 e. The van der Waals surface area contributed by atoms with Crippen LogP contribution in [0.3, 0.4) is 0 Å². The van der Waals surface area contributed by atoms with Crippen molar-refractivity contribution in [3.05, 3.63) is 65.2 Å². The second-order valence-corrected chi connectivity index (χ2v) is 9.60. The van der Waals surface area contributed by atoms with Crippen molar-refractivity contribution in [3.63, 3.8) is 0 Å². The van der Waals surface area contributed by atoms with E-state index in [1.165, 1.54) is 16.7 Å². The number of hydrogen-bond acceptors (Lipinski definition) is 3. The molecule has 0 unspecified atom stereocenters. The molecule has 2 aromatic carbocycles. The highest BCUT2D eigenvalue weighted by Gasteiger charge is 2.22. The van der Waals surface area contributed by atoms with E-state index < -0.39 is 0 Å². The number of fused-ring (bicyclic) bond motifs is 3. The smallest absolute Gasteiger partial charge is 0.251 e. The molecule has 1 aliphatic rings. The number of H-pyrrole nitrogens is 1. The molecule has 1 amide bonds. The number of aromatic amines is 1. The minimum Gasteiger partial charge on any atom is -0.351 e. The van der Waals surface area contributed by atoms with Crippen molar-refractivity contribution in [2.45, 2.75) is 33.1 Å². The molecular weight excluding hydrogens is 384 g/mol. The van der Waals surface area contributed by atoms with Crippen molar-refractivity contribution >= 4 is 5.91 Å². The maximum absolute atomic E-state index is 12.6. The zero-order chi connectivity index (χ0) is 22.0. The van der Waals surface area contributed by atoms with Crippen LogP contribution in [0.1, 0.15) is 41.8 Å². The lowest BCUT2D eigenvalue weighted by molar-refractivity contribution is 0.0929. The summed E-state index contributed by atoms with van der Waals surface area (Å²) in [6, 6.07) is 16.4. The van der Waals surface area contributed by atoms with E-state index in [0.29, 0.717) is 12.1 Å². The molecule has 0 aliphatic heterocycles. The molecule has 162 valence electrons. The number of amides is 1. The molecule has 0 bridgehead atoms. The van der Waals surface area contributed by atoms with Crippen LogP contribution in [0.2, 0.25) is 0 Å². The Morgan fingerprint density at radius 2 is 1.84 bits per heavy atom. The number of rotatable bonds is 6. The normalized spacial score (nSPS) is 13.5. The standard InChI is InChI=1S/C26H32N4O/c1-26(2,17-30(3)4)16-27-25(31)20-14-12-19(13-15-20)23-22-11-7-9-18-8-5-6-10-21(18)24(22)29-28-23/h5-6,8,10,12-15H,7,9,11,16-17H2,1-4H3,(H,27,31)(H,28,29). The van der Waals surface area contributed by atoms with E-state index in [-0.39, 0.29) is 11.3 Å². The SMILES string of the molecule is CN(C)CC(C)(C)CNC(=O)c1ccc(-c2n[nH]c3c2CCCc2ccccc2-3)cc1. The van der Waals surface area contributed by atoms with Crippen molar-refractivity contribution in [2.75, 3.05) is 27.2 Å². The Hall–Kier alpha value is -2.92. The highest BCUT2D eigenvalue weighted by Crippen LogP contribution is 2.36. The summed E-state index contributed by atoms with van der Waals surface area (Å²) in [4.78, 5) is 14.8. The fourth-order valence-corrected chi connectivity index (χ4v) is 4.62. The molecule has 0 spiro atoms. The Labute approximate surface area is 184 Å². The largest absolute Gasteiger partial charge is 0.351 e. The lowest BCUT2D eigenvalue weighted by Crippen LogP contribution is -2.39. The highest BCUT2D eigenvalue weighted by molar-refractivity contribution is 5.94. The molecule has 5 heteroatoms. The average Bonchev–Trinajstić information content (AvgIpc) is 3.06. The summed E-state index contributed by atoms with van der Waals surface area (Å²) in [5, 5.41) is 11.0. The van der Waals surface area contributed by atoms with E-state index in [4.69, 9.17) is 0 Å². The van der Waals surface area contributed by atoms with Crippen molar-refractivity contribution in [3.8, 4) is 22.5 Å². The number of nitrogens with one attached hydrogen (secondary N) is 2. The summed E-state index contributed by atoms with van der Waals surface area (Å²) in [5.41, 5.74) is 7.76. The molecule has 0 saturated heterocycles. The summed E-state index contributed by atoms with van der Waals surface area (Å²) in [6.45, 7) is 5.88. The van der Waals surface area contributed by atoms with Gasteiger partial charge in [0.05, 0.1) is 11.4 Å². The minimum atomic E-state index is -0.0341. The summed E-state index contributed by atoms with van der Waals surface area (Å²) in [6.07, 6.45) is 3.19. The van der Waals surface area contributed by atoms with Crippen LogP contribution in [0.15, 0.2) is 48.5 Å². The third kappa shape index (κ3) is 4.72. The second kappa shape index (κ2) is 8.67. The van der Waals surface area contributed by atoms with E-state index in [2.05, 4.69) is 72.6 Å². The van der Waals surface area contributed by atoms with E-state index in [9.17, 15) is 4.79 Å². The molecule has 1 aromatic heterocycles. The van der Waals surface area contributed by atoms with Gasteiger partial charge in [-0.2, -0.15) is 5.10 Å². The Morgan fingerprint density at radius 3 is 2.58 bits per heavy atom. The highest BCUT2D eigenvalue weighted by atomic mass is 16.1. The third-order valence-electron chi connectivity index (χ3n) is 5.92. The number of aromatic nitrogens is 2. The average molecular weight is 417 g/mol. The lowest BCUT2D eigenvalue weighted by atomic mass is 9.93. The zero-order valence-corrected chi connectivity index (χ0v) is 19.0. The third-order valence-corrected chi connectivity index (χ3v) is 5.92. The van der Waals surface area contributed by atoms with E-state index >= 15 is 0 Å². The molecule has 0 radical (unpaired) electrons. The van der Waals surface area contributed by atoms with Gasteiger partial charge in [-0.05, 0) is 56.5 Å². The monoisotopic (exact) mass is 416 g/mol. The summed E-state index contributed by atoms with van der Waals surface area (Å²) < 4.78 is 0. The molecule has 4 rings (SSSR count). The maximum atomic E-state index is 12.6. The van der Waals surface area contributed by atoms with Crippen molar-refractivity contribution < 1.29 is 4.79 Å². The number of benzene rings is 2. The molecule has 2 N–H and O–H groups in total. The first-order valence-corrected chi connectivity index (χ1v) is 11.0. The molecule has 1 aliphatic carbocycles. The molecule has 3 aromatic rings. The Balaban J connectivity index is 1.51. The molecular formula is C26H32N4O. The summed E-state index contributed by atoms with van der Waals surface area (Å²) in [5.74, 6) is -0.0341. The van der Waals surface area contributed by atoms with Crippen LogP contribution in [0, 0.1) is 5.41 Å². The number of hydrogen-bond donors (Lipinski definition) is 2. The van der Waals surface area contributed by atoms with Gasteiger partial charge >= 0.3 is 0 Å². The second-order valence-electron chi connectivity index (χ2n) is 9.60. The van der Waals surface area contributed by atoms with Crippen LogP contribution in [-0.4, -0.2) is 48.2 Å². The Kier molecular flexibility index (Phi) is 5.96. The van der Waals surface area contributed by atoms with E-state index in [1.54, 1.807) is 0 Å². The topological polar surface area (TPSA) is 61.0 Å². The Morgan fingerprint density at radius 1 is 1.10 bits per heavy atom. The van der Waals surface area contributed by atoms with Crippen molar-refractivity contribution in [1.29, 1.82) is 0 Å². The Bertz CT molecular complexity index is 1060. The van der Waals surface area contributed by atoms with Gasteiger partial charge in [0.25, 0.3) is 5.91 Å². The molecule has 5 nitrogen and oxygen atoms in total. The van der Waals surface area contributed by atoms with Gasteiger partial charge in [-0.15, -0.1) is 0 Å². The summed E-state index contributed by atoms with van der Waals surface area (Å²) in [7, 11) is 4.10. The lowest BCUT2D eigenvalue weighted by Gasteiger charge is -2.28. The van der Waals surface area contributed by atoms with E-state index in [0.717, 1.165) is 42.8 Å². The molecule has 0 fully saturated rings. The number of nitrogens with zero attached hydrogens (tertiary/aromatic N) is 2. The molecule has 31 heavy (non-hydrogen) atoms. The van der Waals surface area contributed by atoms with E-state index in [1.807, 2.05) is 24.3 Å². The predicted molar refractivity (Wildman–Crippen MR) is 126 cm³/mol. The first-order chi connectivity index (χ1) is 14.8. The van der Waals surface area contributed by atoms with Gasteiger partial charge in [0, 0.05) is 35.3 Å². The van der Waals surface area contributed by atoms with Gasteiger partial charge in [0.2, 0.25) is 0 Å². The van der Waals surface area contributed by atoms with Gasteiger partial charge in [-0.1, -0.05) is 50.2 Å². The minimum absolute atomic E-state index is 0.0159. The number of carbonyl (C=O) groups is 1. The van der Waals surface area contributed by atoms with Gasteiger partial charge in [0.1, 0.15) is 0 Å². The van der Waals surface area contributed by atoms with Gasteiger partial charge < -0.3 is 10.2 Å². The molecule has 0 saturated carbocycles. The van der Waals surface area contributed by atoms with Crippen molar-refractivity contribution in [1.82, 2.24) is 20.4 Å². The van der Waals surface area contributed by atoms with Crippen LogP contribution >= 0.6 is 0 Å². The van der Waals surface area contributed by atoms with Crippen LogP contribution in [0.25, 0.3) is 22.5 Å². The van der Waals surface area contributed by atoms with Gasteiger partial charge in [0.15, 0.2) is 0 Å². The summed E-state index contributed by atoms with van der Waals surface area (Å²) >= 11 is 0. The number of aryl methyl sites for hydroxylation is 1. The fourth-order valence-electron chi connectivity index (χ4n) is 4.62.